The first-order chi connectivity index (χ1) is 11.0. The molecule has 1 aliphatic heterocycles. The lowest BCUT2D eigenvalue weighted by molar-refractivity contribution is -0.142. The van der Waals surface area contributed by atoms with E-state index in [1.807, 2.05) is 0 Å². The molecule has 0 saturated carbocycles. The standard InChI is InChI=1S/C16H16FN3O3/c1-19-8-7-13(18-19)15(21)20-9-6-12(16(22)23)14(20)10-2-4-11(17)5-3-10/h2-5,7-8,12,14H,6,9H2,1H3,(H,22,23)/t12-,14-/m1/s1. The third-order valence-electron chi connectivity index (χ3n) is 4.12. The third-order valence-corrected chi connectivity index (χ3v) is 4.12. The van der Waals surface area contributed by atoms with Gasteiger partial charge in [-0.1, -0.05) is 12.1 Å². The number of aryl methyl sites for hydroxylation is 1. The molecule has 1 aromatic heterocycles. The number of carbonyl (C=O) groups excluding carboxylic acids is 1. The molecule has 2 atom stereocenters. The Hall–Kier alpha value is -2.70. The summed E-state index contributed by atoms with van der Waals surface area (Å²) in [6.45, 7) is 0.328. The molecule has 3 rings (SSSR count). The van der Waals surface area contributed by atoms with Gasteiger partial charge in [0.25, 0.3) is 5.91 Å². The first-order valence-corrected chi connectivity index (χ1v) is 7.26. The molecule has 6 nitrogen and oxygen atoms in total. The van der Waals surface area contributed by atoms with E-state index in [4.69, 9.17) is 0 Å². The average Bonchev–Trinajstić information content (AvgIpc) is 3.14. The fraction of sp³-hybridized carbons (Fsp3) is 0.312. The van der Waals surface area contributed by atoms with Crippen LogP contribution in [0.5, 0.6) is 0 Å². The Bertz CT molecular complexity index is 741. The molecule has 7 heteroatoms. The minimum absolute atomic E-state index is 0.269. The molecule has 0 radical (unpaired) electrons. The van der Waals surface area contributed by atoms with E-state index in [0.717, 1.165) is 0 Å². The summed E-state index contributed by atoms with van der Waals surface area (Å²) >= 11 is 0. The number of carboxylic acid groups (broad SMARTS) is 1. The monoisotopic (exact) mass is 317 g/mol. The van der Waals surface area contributed by atoms with E-state index in [9.17, 15) is 19.1 Å². The summed E-state index contributed by atoms with van der Waals surface area (Å²) in [5, 5.41) is 13.5. The van der Waals surface area contributed by atoms with E-state index in [1.54, 1.807) is 19.3 Å². The topological polar surface area (TPSA) is 75.4 Å². The largest absolute Gasteiger partial charge is 0.481 e. The minimum atomic E-state index is -0.962. The number of hydrogen-bond acceptors (Lipinski definition) is 3. The smallest absolute Gasteiger partial charge is 0.309 e. The van der Waals surface area contributed by atoms with E-state index in [-0.39, 0.29) is 11.6 Å². The van der Waals surface area contributed by atoms with E-state index < -0.39 is 23.7 Å². The number of likely N-dealkylation sites (tertiary alicyclic amines) is 1. The van der Waals surface area contributed by atoms with Crippen molar-refractivity contribution in [1.82, 2.24) is 14.7 Å². The van der Waals surface area contributed by atoms with Crippen molar-refractivity contribution in [2.24, 2.45) is 13.0 Å². The molecule has 1 N–H and O–H groups in total. The van der Waals surface area contributed by atoms with Crippen molar-refractivity contribution in [3.63, 3.8) is 0 Å². The second-order valence-electron chi connectivity index (χ2n) is 5.60. The predicted octanol–water partition coefficient (Wildman–Crippen LogP) is 1.85. The summed E-state index contributed by atoms with van der Waals surface area (Å²) < 4.78 is 14.7. The number of carboxylic acids is 1. The lowest BCUT2D eigenvalue weighted by Gasteiger charge is -2.26. The minimum Gasteiger partial charge on any atom is -0.481 e. The molecular weight excluding hydrogens is 301 g/mol. The van der Waals surface area contributed by atoms with Crippen LogP contribution in [0.4, 0.5) is 4.39 Å². The number of carbonyl (C=O) groups is 2. The fourth-order valence-corrected chi connectivity index (χ4v) is 3.03. The Morgan fingerprint density at radius 1 is 1.26 bits per heavy atom. The lowest BCUT2D eigenvalue weighted by atomic mass is 9.93. The van der Waals surface area contributed by atoms with Crippen LogP contribution in [0.3, 0.4) is 0 Å². The number of rotatable bonds is 3. The normalized spacial score (nSPS) is 20.7. The zero-order chi connectivity index (χ0) is 16.6. The van der Waals surface area contributed by atoms with Gasteiger partial charge in [-0.15, -0.1) is 0 Å². The average molecular weight is 317 g/mol. The molecule has 0 aliphatic carbocycles. The Labute approximate surface area is 132 Å². The molecule has 23 heavy (non-hydrogen) atoms. The van der Waals surface area contributed by atoms with Gasteiger partial charge in [0.05, 0.1) is 12.0 Å². The summed E-state index contributed by atoms with van der Waals surface area (Å²) in [6.07, 6.45) is 2.01. The van der Waals surface area contributed by atoms with Gasteiger partial charge in [-0.25, -0.2) is 4.39 Å². The van der Waals surface area contributed by atoms with Gasteiger partial charge < -0.3 is 10.0 Å². The first-order valence-electron chi connectivity index (χ1n) is 7.26. The van der Waals surface area contributed by atoms with Crippen molar-refractivity contribution in [2.45, 2.75) is 12.5 Å². The molecule has 1 amide bonds. The van der Waals surface area contributed by atoms with Crippen LogP contribution >= 0.6 is 0 Å². The van der Waals surface area contributed by atoms with Crippen LogP contribution in [0.15, 0.2) is 36.5 Å². The van der Waals surface area contributed by atoms with Crippen LogP contribution < -0.4 is 0 Å². The quantitative estimate of drug-likeness (QED) is 0.937. The Balaban J connectivity index is 1.96. The SMILES string of the molecule is Cn1ccc(C(=O)N2CC[C@@H](C(=O)O)[C@H]2c2ccc(F)cc2)n1. The van der Waals surface area contributed by atoms with Crippen LogP contribution in [0.25, 0.3) is 0 Å². The second-order valence-corrected chi connectivity index (χ2v) is 5.60. The molecule has 120 valence electrons. The highest BCUT2D eigenvalue weighted by atomic mass is 19.1. The van der Waals surface area contributed by atoms with Crippen LogP contribution in [-0.2, 0) is 11.8 Å². The van der Waals surface area contributed by atoms with Crippen molar-refractivity contribution in [3.05, 3.63) is 53.6 Å². The van der Waals surface area contributed by atoms with Gasteiger partial charge in [0.15, 0.2) is 0 Å². The Morgan fingerprint density at radius 2 is 1.96 bits per heavy atom. The third kappa shape index (κ3) is 2.81. The van der Waals surface area contributed by atoms with Gasteiger partial charge in [-0.2, -0.15) is 5.10 Å². The molecule has 1 aliphatic rings. The summed E-state index contributed by atoms with van der Waals surface area (Å²) in [6, 6.07) is 6.58. The van der Waals surface area contributed by atoms with Crippen molar-refractivity contribution in [3.8, 4) is 0 Å². The van der Waals surface area contributed by atoms with Gasteiger partial charge in [-0.05, 0) is 30.2 Å². The molecule has 2 aromatic rings. The maximum absolute atomic E-state index is 13.1. The Kier molecular flexibility index (Phi) is 3.85. The van der Waals surface area contributed by atoms with Crippen LogP contribution in [0.1, 0.15) is 28.5 Å². The molecule has 0 bridgehead atoms. The van der Waals surface area contributed by atoms with Crippen molar-refractivity contribution in [2.75, 3.05) is 6.54 Å². The Morgan fingerprint density at radius 3 is 2.52 bits per heavy atom. The van der Waals surface area contributed by atoms with Crippen molar-refractivity contribution < 1.29 is 19.1 Å². The van der Waals surface area contributed by atoms with E-state index >= 15 is 0 Å². The zero-order valence-electron chi connectivity index (χ0n) is 12.5. The van der Waals surface area contributed by atoms with Gasteiger partial charge in [0, 0.05) is 19.8 Å². The van der Waals surface area contributed by atoms with Gasteiger partial charge in [0.1, 0.15) is 11.5 Å². The highest BCUT2D eigenvalue weighted by Gasteiger charge is 2.42. The molecule has 1 saturated heterocycles. The molecular formula is C16H16FN3O3. The van der Waals surface area contributed by atoms with E-state index in [0.29, 0.717) is 18.5 Å². The maximum Gasteiger partial charge on any atom is 0.309 e. The zero-order valence-corrected chi connectivity index (χ0v) is 12.5. The number of amides is 1. The molecule has 2 heterocycles. The molecule has 1 fully saturated rings. The van der Waals surface area contributed by atoms with Crippen LogP contribution in [-0.4, -0.2) is 38.2 Å². The van der Waals surface area contributed by atoms with E-state index in [1.165, 1.54) is 33.8 Å². The molecule has 1 aromatic carbocycles. The summed E-state index contributed by atoms with van der Waals surface area (Å²) in [5.74, 6) is -2.39. The number of benzene rings is 1. The van der Waals surface area contributed by atoms with E-state index in [2.05, 4.69) is 5.10 Å². The first kappa shape index (κ1) is 15.2. The van der Waals surface area contributed by atoms with Gasteiger partial charge in [0.2, 0.25) is 0 Å². The van der Waals surface area contributed by atoms with Crippen LogP contribution in [0, 0.1) is 11.7 Å². The van der Waals surface area contributed by atoms with Crippen molar-refractivity contribution >= 4 is 11.9 Å². The summed E-state index contributed by atoms with van der Waals surface area (Å²) in [5.41, 5.74) is 0.881. The number of halogens is 1. The highest BCUT2D eigenvalue weighted by molar-refractivity contribution is 5.93. The van der Waals surface area contributed by atoms with Gasteiger partial charge >= 0.3 is 5.97 Å². The highest BCUT2D eigenvalue weighted by Crippen LogP contribution is 2.38. The van der Waals surface area contributed by atoms with Gasteiger partial charge in [-0.3, -0.25) is 14.3 Å². The number of aliphatic carboxylic acids is 1. The number of nitrogens with zero attached hydrogens (tertiary/aromatic N) is 3. The molecule has 0 spiro atoms. The number of hydrogen-bond donors (Lipinski definition) is 1. The summed E-state index contributed by atoms with van der Waals surface area (Å²) in [7, 11) is 1.71. The number of aromatic nitrogens is 2. The summed E-state index contributed by atoms with van der Waals surface area (Å²) in [4.78, 5) is 25.7. The predicted molar refractivity (Wildman–Crippen MR) is 79.1 cm³/mol. The maximum atomic E-state index is 13.1. The van der Waals surface area contributed by atoms with Crippen LogP contribution in [0.2, 0.25) is 0 Å². The fourth-order valence-electron chi connectivity index (χ4n) is 3.03. The molecule has 0 unspecified atom stereocenters. The second kappa shape index (κ2) is 5.83. The lowest BCUT2D eigenvalue weighted by Crippen LogP contribution is -2.34. The van der Waals surface area contributed by atoms with Crippen molar-refractivity contribution in [1.29, 1.82) is 0 Å².